The standard InChI is InChI=1S/C32H41N9O2/c1-22-6-7-23(31(42)34-30-18-29(43-36-30)32(2,3)4)17-28(22)41-21-27(35-37-41)24-16-26(20-33-19-24)39-10-8-25(9-11-39)40-14-12-38(5)13-15-40/h6-7,16-21,25H,8-15H2,1-5H3,(H,34,36,42). The molecule has 0 saturated carbocycles. The highest BCUT2D eigenvalue weighted by Crippen LogP contribution is 2.28. The van der Waals surface area contributed by atoms with Gasteiger partial charge in [-0.2, -0.15) is 0 Å². The summed E-state index contributed by atoms with van der Waals surface area (Å²) in [5.74, 6) is 0.816. The Hall–Kier alpha value is -4.09. The van der Waals surface area contributed by atoms with Gasteiger partial charge < -0.3 is 19.6 Å². The van der Waals surface area contributed by atoms with Crippen molar-refractivity contribution in [3.8, 4) is 16.9 Å². The summed E-state index contributed by atoms with van der Waals surface area (Å²) in [6.07, 6.45) is 7.99. The first-order chi connectivity index (χ1) is 20.6. The lowest BCUT2D eigenvalue weighted by Crippen LogP contribution is -2.52. The number of nitrogens with zero attached hydrogens (tertiary/aromatic N) is 8. The van der Waals surface area contributed by atoms with Crippen LogP contribution in [0.3, 0.4) is 0 Å². The van der Waals surface area contributed by atoms with Gasteiger partial charge >= 0.3 is 0 Å². The number of hydrogen-bond acceptors (Lipinski definition) is 9. The summed E-state index contributed by atoms with van der Waals surface area (Å²) < 4.78 is 7.12. The number of piperidine rings is 1. The lowest BCUT2D eigenvalue weighted by Gasteiger charge is -2.42. The van der Waals surface area contributed by atoms with Crippen LogP contribution >= 0.6 is 0 Å². The van der Waals surface area contributed by atoms with Gasteiger partial charge in [0.05, 0.1) is 23.8 Å². The Morgan fingerprint density at radius 1 is 1.00 bits per heavy atom. The van der Waals surface area contributed by atoms with Gasteiger partial charge in [-0.05, 0) is 50.6 Å². The van der Waals surface area contributed by atoms with Crippen LogP contribution < -0.4 is 10.2 Å². The van der Waals surface area contributed by atoms with Crippen molar-refractivity contribution in [2.75, 3.05) is 56.5 Å². The Kier molecular flexibility index (Phi) is 8.02. The highest BCUT2D eigenvalue weighted by atomic mass is 16.5. The van der Waals surface area contributed by atoms with Crippen LogP contribution in [0.15, 0.2) is 53.4 Å². The number of piperazine rings is 1. The normalized spacial score (nSPS) is 17.4. The average Bonchev–Trinajstić information content (AvgIpc) is 3.69. The maximum Gasteiger partial charge on any atom is 0.256 e. The summed E-state index contributed by atoms with van der Waals surface area (Å²) in [6, 6.07) is 10.1. The molecule has 11 nitrogen and oxygen atoms in total. The minimum absolute atomic E-state index is 0.200. The first-order valence-corrected chi connectivity index (χ1v) is 15.1. The number of amides is 1. The lowest BCUT2D eigenvalue weighted by molar-refractivity contribution is 0.0982. The predicted molar refractivity (Wildman–Crippen MR) is 167 cm³/mol. The topological polar surface area (TPSA) is 108 Å². The summed E-state index contributed by atoms with van der Waals surface area (Å²) in [7, 11) is 2.21. The zero-order valence-corrected chi connectivity index (χ0v) is 25.7. The fraction of sp³-hybridized carbons (Fsp3) is 0.469. The van der Waals surface area contributed by atoms with Crippen LogP contribution in [0.2, 0.25) is 0 Å². The van der Waals surface area contributed by atoms with Gasteiger partial charge in [0.2, 0.25) is 0 Å². The van der Waals surface area contributed by atoms with Crippen molar-refractivity contribution in [1.29, 1.82) is 0 Å². The van der Waals surface area contributed by atoms with Gasteiger partial charge in [-0.3, -0.25) is 14.7 Å². The monoisotopic (exact) mass is 583 g/mol. The number of carbonyl (C=O) groups is 1. The molecular weight excluding hydrogens is 542 g/mol. The zero-order valence-electron chi connectivity index (χ0n) is 25.7. The first kappa shape index (κ1) is 29.0. The number of hydrogen-bond donors (Lipinski definition) is 1. The van der Waals surface area contributed by atoms with E-state index in [0.29, 0.717) is 23.2 Å². The Bertz CT molecular complexity index is 1570. The van der Waals surface area contributed by atoms with Crippen molar-refractivity contribution in [2.24, 2.45) is 0 Å². The number of nitrogens with one attached hydrogen (secondary N) is 1. The van der Waals surface area contributed by atoms with Crippen LogP contribution in [0, 0.1) is 6.92 Å². The van der Waals surface area contributed by atoms with E-state index in [1.54, 1.807) is 16.8 Å². The van der Waals surface area contributed by atoms with Crippen LogP contribution in [0.25, 0.3) is 16.9 Å². The summed E-state index contributed by atoms with van der Waals surface area (Å²) in [6.45, 7) is 14.8. The van der Waals surface area contributed by atoms with E-state index < -0.39 is 0 Å². The van der Waals surface area contributed by atoms with E-state index in [1.807, 2.05) is 58.4 Å². The van der Waals surface area contributed by atoms with Gasteiger partial charge in [0.15, 0.2) is 5.82 Å². The van der Waals surface area contributed by atoms with E-state index in [-0.39, 0.29) is 11.3 Å². The van der Waals surface area contributed by atoms with Crippen molar-refractivity contribution in [2.45, 2.75) is 52.0 Å². The van der Waals surface area contributed by atoms with Crippen molar-refractivity contribution < 1.29 is 9.32 Å². The Morgan fingerprint density at radius 3 is 2.49 bits per heavy atom. The number of benzene rings is 1. The van der Waals surface area contributed by atoms with E-state index in [1.165, 1.54) is 25.9 Å². The van der Waals surface area contributed by atoms with Gasteiger partial charge in [0, 0.05) is 74.1 Å². The molecule has 0 bridgehead atoms. The van der Waals surface area contributed by atoms with Gasteiger partial charge in [-0.1, -0.05) is 37.2 Å². The third-order valence-corrected chi connectivity index (χ3v) is 8.61. The molecule has 226 valence electrons. The maximum absolute atomic E-state index is 13.0. The Morgan fingerprint density at radius 2 is 1.77 bits per heavy atom. The SMILES string of the molecule is Cc1ccc(C(=O)Nc2cc(C(C)(C)C)on2)cc1-n1cc(-c2cncc(N3CCC(N4CCN(C)CC4)CC3)c2)nn1. The minimum atomic E-state index is -0.274. The van der Waals surface area contributed by atoms with Crippen LogP contribution in [0.5, 0.6) is 0 Å². The number of aromatic nitrogens is 5. The molecular formula is C32H41N9O2. The fourth-order valence-electron chi connectivity index (χ4n) is 5.80. The number of pyridine rings is 1. The largest absolute Gasteiger partial charge is 0.370 e. The molecule has 0 aliphatic carbocycles. The summed E-state index contributed by atoms with van der Waals surface area (Å²) in [4.78, 5) is 25.1. The molecule has 5 heterocycles. The van der Waals surface area contributed by atoms with E-state index in [4.69, 9.17) is 4.52 Å². The molecule has 2 aliphatic heterocycles. The highest BCUT2D eigenvalue weighted by Gasteiger charge is 2.27. The molecule has 0 atom stereocenters. The third-order valence-electron chi connectivity index (χ3n) is 8.61. The molecule has 2 saturated heterocycles. The molecule has 1 amide bonds. The van der Waals surface area contributed by atoms with Crippen molar-refractivity contribution in [3.05, 3.63) is 65.8 Å². The third kappa shape index (κ3) is 6.47. The van der Waals surface area contributed by atoms with Crippen LogP contribution in [-0.2, 0) is 5.41 Å². The van der Waals surface area contributed by atoms with Gasteiger partial charge in [0.1, 0.15) is 11.5 Å². The van der Waals surface area contributed by atoms with Gasteiger partial charge in [-0.15, -0.1) is 5.10 Å². The van der Waals surface area contributed by atoms with E-state index in [9.17, 15) is 4.79 Å². The number of anilines is 2. The Labute approximate surface area is 252 Å². The average molecular weight is 584 g/mol. The lowest BCUT2D eigenvalue weighted by atomic mass is 9.93. The maximum atomic E-state index is 13.0. The molecule has 6 rings (SSSR count). The molecule has 1 N–H and O–H groups in total. The molecule has 11 heteroatoms. The molecule has 4 aromatic rings. The molecule has 0 spiro atoms. The van der Waals surface area contributed by atoms with Crippen molar-refractivity contribution in [1.82, 2.24) is 34.9 Å². The van der Waals surface area contributed by atoms with E-state index in [2.05, 4.69) is 53.6 Å². The number of likely N-dealkylation sites (N-methyl/N-ethyl adjacent to an activating group) is 1. The van der Waals surface area contributed by atoms with Crippen LogP contribution in [0.1, 0.15) is 55.3 Å². The second-order valence-corrected chi connectivity index (χ2v) is 12.8. The minimum Gasteiger partial charge on any atom is -0.370 e. The first-order valence-electron chi connectivity index (χ1n) is 15.1. The highest BCUT2D eigenvalue weighted by molar-refractivity contribution is 6.04. The summed E-state index contributed by atoms with van der Waals surface area (Å²) in [5.41, 5.74) is 4.79. The number of aryl methyl sites for hydroxylation is 1. The number of rotatable bonds is 6. The molecule has 3 aromatic heterocycles. The molecule has 2 aliphatic rings. The molecule has 43 heavy (non-hydrogen) atoms. The van der Waals surface area contributed by atoms with Crippen LogP contribution in [-0.4, -0.2) is 93.2 Å². The summed E-state index contributed by atoms with van der Waals surface area (Å²) in [5, 5.41) is 15.7. The number of carbonyl (C=O) groups excluding carboxylic acids is 1. The Balaban J connectivity index is 1.13. The van der Waals surface area contributed by atoms with Crippen molar-refractivity contribution >= 4 is 17.4 Å². The van der Waals surface area contributed by atoms with E-state index in [0.717, 1.165) is 54.4 Å². The molecule has 2 fully saturated rings. The second-order valence-electron chi connectivity index (χ2n) is 12.8. The molecule has 0 unspecified atom stereocenters. The zero-order chi connectivity index (χ0) is 30.1. The predicted octanol–water partition coefficient (Wildman–Crippen LogP) is 4.39. The fourth-order valence-corrected chi connectivity index (χ4v) is 5.80. The quantitative estimate of drug-likeness (QED) is 0.354. The van der Waals surface area contributed by atoms with E-state index >= 15 is 0 Å². The second kappa shape index (κ2) is 11.9. The van der Waals surface area contributed by atoms with Crippen LogP contribution in [0.4, 0.5) is 11.5 Å². The molecule has 0 radical (unpaired) electrons. The van der Waals surface area contributed by atoms with Gasteiger partial charge in [0.25, 0.3) is 5.91 Å². The van der Waals surface area contributed by atoms with Crippen molar-refractivity contribution in [3.63, 3.8) is 0 Å². The summed E-state index contributed by atoms with van der Waals surface area (Å²) >= 11 is 0. The smallest absolute Gasteiger partial charge is 0.256 e. The molecule has 1 aromatic carbocycles. The van der Waals surface area contributed by atoms with Gasteiger partial charge in [-0.25, -0.2) is 4.68 Å².